The summed E-state index contributed by atoms with van der Waals surface area (Å²) in [6.07, 6.45) is 1.41. The van der Waals surface area contributed by atoms with Crippen molar-refractivity contribution in [1.29, 1.82) is 0 Å². The molecule has 0 aromatic heterocycles. The highest BCUT2D eigenvalue weighted by Crippen LogP contribution is 2.21. The molecule has 94 valence electrons. The highest BCUT2D eigenvalue weighted by Gasteiger charge is 2.03. The van der Waals surface area contributed by atoms with Gasteiger partial charge in [0, 0.05) is 25.3 Å². The zero-order chi connectivity index (χ0) is 12.4. The van der Waals surface area contributed by atoms with Crippen LogP contribution in [0.2, 0.25) is 0 Å². The first kappa shape index (κ1) is 15.6. The number of carbonyl (C=O) groups is 2. The number of hydrogen-bond donors (Lipinski definition) is 2. The molecule has 0 rings (SSSR count). The van der Waals surface area contributed by atoms with Gasteiger partial charge < -0.3 is 10.6 Å². The third kappa shape index (κ3) is 10.2. The van der Waals surface area contributed by atoms with E-state index < -0.39 is 0 Å². The maximum Gasteiger partial charge on any atom is 0.231 e. The third-order valence-corrected chi connectivity index (χ3v) is 3.99. The van der Waals surface area contributed by atoms with Crippen molar-refractivity contribution in [2.24, 2.45) is 0 Å². The average Bonchev–Trinajstić information content (AvgIpc) is 2.21. The van der Waals surface area contributed by atoms with Crippen LogP contribution in [0.1, 0.15) is 26.7 Å². The Morgan fingerprint density at radius 1 is 1.19 bits per heavy atom. The van der Waals surface area contributed by atoms with Crippen LogP contribution in [0.25, 0.3) is 0 Å². The van der Waals surface area contributed by atoms with E-state index in [9.17, 15) is 9.59 Å². The second-order valence-corrected chi connectivity index (χ2v) is 6.17. The predicted molar refractivity (Wildman–Crippen MR) is 71.5 cm³/mol. The van der Waals surface area contributed by atoms with Gasteiger partial charge in [0.05, 0.1) is 5.75 Å². The van der Waals surface area contributed by atoms with Crippen LogP contribution in [0.3, 0.4) is 0 Å². The first-order valence-corrected chi connectivity index (χ1v) is 7.79. The van der Waals surface area contributed by atoms with Crippen molar-refractivity contribution in [3.05, 3.63) is 0 Å². The summed E-state index contributed by atoms with van der Waals surface area (Å²) in [7, 11) is 4.81. The van der Waals surface area contributed by atoms with Crippen molar-refractivity contribution in [3.8, 4) is 0 Å². The first-order chi connectivity index (χ1) is 7.56. The second-order valence-electron chi connectivity index (χ2n) is 3.58. The summed E-state index contributed by atoms with van der Waals surface area (Å²) in [5.41, 5.74) is 0. The molecule has 0 spiro atoms. The van der Waals surface area contributed by atoms with E-state index in [1.165, 1.54) is 10.8 Å². The van der Waals surface area contributed by atoms with Crippen LogP contribution < -0.4 is 10.6 Å². The molecule has 0 radical (unpaired) electrons. The van der Waals surface area contributed by atoms with Gasteiger partial charge in [-0.15, -0.1) is 0 Å². The van der Waals surface area contributed by atoms with Gasteiger partial charge in [0.1, 0.15) is 0 Å². The molecule has 0 aromatic carbocycles. The zero-order valence-electron chi connectivity index (χ0n) is 10.0. The van der Waals surface area contributed by atoms with E-state index in [1.807, 2.05) is 13.8 Å². The van der Waals surface area contributed by atoms with Crippen LogP contribution in [0.4, 0.5) is 0 Å². The third-order valence-electron chi connectivity index (χ3n) is 1.63. The lowest BCUT2D eigenvalue weighted by Crippen LogP contribution is -2.31. The van der Waals surface area contributed by atoms with Crippen LogP contribution in [0.5, 0.6) is 0 Å². The average molecular weight is 264 g/mol. The Kier molecular flexibility index (Phi) is 9.62. The summed E-state index contributed by atoms with van der Waals surface area (Å²) in [6.45, 7) is 3.89. The van der Waals surface area contributed by atoms with Gasteiger partial charge in [0.2, 0.25) is 11.8 Å². The van der Waals surface area contributed by atoms with E-state index in [0.717, 1.165) is 12.2 Å². The van der Waals surface area contributed by atoms with Gasteiger partial charge in [-0.25, -0.2) is 0 Å². The number of rotatable bonds is 8. The fourth-order valence-electron chi connectivity index (χ4n) is 0.934. The Balaban J connectivity index is 3.27. The number of amides is 2. The van der Waals surface area contributed by atoms with Gasteiger partial charge in [-0.05, 0) is 20.3 Å². The molecule has 0 bridgehead atoms. The molecule has 16 heavy (non-hydrogen) atoms. The Bertz CT molecular complexity index is 223. The molecule has 0 aromatic rings. The van der Waals surface area contributed by atoms with Gasteiger partial charge in [0.25, 0.3) is 0 Å². The van der Waals surface area contributed by atoms with Crippen molar-refractivity contribution in [3.63, 3.8) is 0 Å². The molecule has 0 atom stereocenters. The Hall–Kier alpha value is -0.360. The smallest absolute Gasteiger partial charge is 0.231 e. The molecule has 2 amide bonds. The minimum absolute atomic E-state index is 0.0683. The van der Waals surface area contributed by atoms with Crippen LogP contribution in [-0.4, -0.2) is 36.4 Å². The van der Waals surface area contributed by atoms with Crippen LogP contribution in [0.15, 0.2) is 0 Å². The highest BCUT2D eigenvalue weighted by atomic mass is 33.1. The molecule has 4 nitrogen and oxygen atoms in total. The van der Waals surface area contributed by atoms with Crippen LogP contribution in [-0.2, 0) is 9.59 Å². The zero-order valence-corrected chi connectivity index (χ0v) is 11.7. The number of hydrogen-bond acceptors (Lipinski definition) is 4. The van der Waals surface area contributed by atoms with E-state index in [2.05, 4.69) is 10.6 Å². The lowest BCUT2D eigenvalue weighted by Gasteiger charge is -2.07. The lowest BCUT2D eigenvalue weighted by atomic mass is 10.3. The summed E-state index contributed by atoms with van der Waals surface area (Å²) in [5, 5.41) is 5.40. The van der Waals surface area contributed by atoms with Gasteiger partial charge in [-0.3, -0.25) is 9.59 Å². The molecule has 0 saturated carbocycles. The molecule has 2 N–H and O–H groups in total. The predicted octanol–water partition coefficient (Wildman–Crippen LogP) is 1.42. The molecular weight excluding hydrogens is 244 g/mol. The summed E-state index contributed by atoms with van der Waals surface area (Å²) < 4.78 is 0. The Morgan fingerprint density at radius 2 is 1.88 bits per heavy atom. The van der Waals surface area contributed by atoms with Gasteiger partial charge >= 0.3 is 0 Å². The summed E-state index contributed by atoms with van der Waals surface area (Å²) in [4.78, 5) is 22.1. The first-order valence-electron chi connectivity index (χ1n) is 5.30. The molecule has 0 aliphatic heterocycles. The highest BCUT2D eigenvalue weighted by molar-refractivity contribution is 8.76. The number of nitrogens with one attached hydrogen (secondary N) is 2. The topological polar surface area (TPSA) is 58.2 Å². The maximum atomic E-state index is 11.2. The fraction of sp³-hybridized carbons (Fsp3) is 0.800. The van der Waals surface area contributed by atoms with Crippen molar-refractivity contribution in [2.45, 2.75) is 32.7 Å². The minimum atomic E-state index is 0.0683. The maximum absolute atomic E-state index is 11.2. The van der Waals surface area contributed by atoms with E-state index in [4.69, 9.17) is 0 Å². The Labute approximate surface area is 105 Å². The Morgan fingerprint density at radius 3 is 2.44 bits per heavy atom. The molecule has 0 aliphatic rings. The van der Waals surface area contributed by atoms with Crippen molar-refractivity contribution in [1.82, 2.24) is 10.6 Å². The van der Waals surface area contributed by atoms with Crippen molar-refractivity contribution >= 4 is 33.4 Å². The SMILES string of the molecule is CNC(=O)CCCSSCC(=O)NC(C)C. The fourth-order valence-corrected chi connectivity index (χ4v) is 2.87. The molecule has 0 saturated heterocycles. The van der Waals surface area contributed by atoms with Gasteiger partial charge in [-0.1, -0.05) is 21.6 Å². The molecule has 0 aliphatic carbocycles. The molecule has 0 heterocycles. The monoisotopic (exact) mass is 264 g/mol. The van der Waals surface area contributed by atoms with Crippen molar-refractivity contribution in [2.75, 3.05) is 18.6 Å². The molecular formula is C10H20N2O2S2. The van der Waals surface area contributed by atoms with Gasteiger partial charge in [-0.2, -0.15) is 0 Å². The summed E-state index contributed by atoms with van der Waals surface area (Å²) in [6, 6.07) is 0.200. The van der Waals surface area contributed by atoms with Crippen molar-refractivity contribution < 1.29 is 9.59 Å². The lowest BCUT2D eigenvalue weighted by molar-refractivity contribution is -0.121. The number of carbonyl (C=O) groups excluding carboxylic acids is 2. The van der Waals surface area contributed by atoms with Crippen LogP contribution >= 0.6 is 21.6 Å². The largest absolute Gasteiger partial charge is 0.359 e. The molecule has 0 unspecified atom stereocenters. The van der Waals surface area contributed by atoms with E-state index in [1.54, 1.807) is 17.8 Å². The standard InChI is InChI=1S/C10H20N2O2S2/c1-8(2)12-10(14)7-16-15-6-4-5-9(13)11-3/h8H,4-7H2,1-3H3,(H,11,13)(H,12,14). The van der Waals surface area contributed by atoms with Crippen LogP contribution in [0, 0.1) is 0 Å². The summed E-state index contributed by atoms with van der Waals surface area (Å²) >= 11 is 0. The van der Waals surface area contributed by atoms with E-state index in [-0.39, 0.29) is 17.9 Å². The van der Waals surface area contributed by atoms with E-state index >= 15 is 0 Å². The quantitative estimate of drug-likeness (QED) is 0.514. The second kappa shape index (κ2) is 9.84. The molecule has 0 fully saturated rings. The normalized spacial score (nSPS) is 10.2. The van der Waals surface area contributed by atoms with Gasteiger partial charge in [0.15, 0.2) is 0 Å². The molecule has 6 heteroatoms. The minimum Gasteiger partial charge on any atom is -0.359 e. The van der Waals surface area contributed by atoms with E-state index in [0.29, 0.717) is 12.2 Å². The summed E-state index contributed by atoms with van der Waals surface area (Å²) in [5.74, 6) is 1.51.